The third-order valence-electron chi connectivity index (χ3n) is 6.68. The lowest BCUT2D eigenvalue weighted by molar-refractivity contribution is 0.415. The fourth-order valence-electron chi connectivity index (χ4n) is 4.52. The molecule has 11 heteroatoms. The molecule has 0 amide bonds. The Bertz CT molecular complexity index is 1800. The number of anilines is 4. The molecule has 2 aromatic heterocycles. The number of methoxy groups -OCH3 is 1. The largest absolute Gasteiger partial charge is 0.495 e. The van der Waals surface area contributed by atoms with Crippen LogP contribution in [0.3, 0.4) is 0 Å². The Balaban J connectivity index is 1.49. The molecule has 5 rings (SSSR count). The first-order valence-corrected chi connectivity index (χ1v) is 16.1. The first kappa shape index (κ1) is 31.1. The van der Waals surface area contributed by atoms with Crippen LogP contribution in [0.25, 0.3) is 21.8 Å². The predicted molar refractivity (Wildman–Crippen MR) is 181 cm³/mol. The molecule has 0 fully saturated rings. The van der Waals surface area contributed by atoms with Crippen molar-refractivity contribution in [3.8, 4) is 27.6 Å². The molecule has 0 aliphatic heterocycles. The van der Waals surface area contributed by atoms with Gasteiger partial charge in [0.1, 0.15) is 17.4 Å². The Hall–Kier alpha value is -4.35. The molecular formula is C33H34F2N6OS2. The zero-order chi connectivity index (χ0) is 31.4. The summed E-state index contributed by atoms with van der Waals surface area (Å²) in [5.41, 5.74) is 4.85. The molecular weight excluding hydrogens is 599 g/mol. The quantitative estimate of drug-likeness (QED) is 0.149. The number of benzene rings is 3. The fourth-order valence-corrected chi connectivity index (χ4v) is 6.97. The van der Waals surface area contributed by atoms with E-state index in [1.807, 2.05) is 67.5 Å². The smallest absolute Gasteiger partial charge is 0.227 e. The maximum Gasteiger partial charge on any atom is 0.227 e. The van der Waals surface area contributed by atoms with Gasteiger partial charge < -0.3 is 19.7 Å². The fraction of sp³-hybridized carbons (Fsp3) is 0.212. The van der Waals surface area contributed by atoms with Gasteiger partial charge in [0.2, 0.25) is 5.95 Å². The molecule has 5 aromatic rings. The lowest BCUT2D eigenvalue weighted by atomic mass is 10.1. The molecule has 0 aliphatic carbocycles. The van der Waals surface area contributed by atoms with Crippen LogP contribution in [0, 0.1) is 11.6 Å². The van der Waals surface area contributed by atoms with E-state index in [1.165, 1.54) is 18.2 Å². The molecule has 1 atom stereocenters. The van der Waals surface area contributed by atoms with E-state index in [0.717, 1.165) is 49.6 Å². The highest BCUT2D eigenvalue weighted by molar-refractivity contribution is 8.16. The van der Waals surface area contributed by atoms with E-state index in [0.29, 0.717) is 5.95 Å². The lowest BCUT2D eigenvalue weighted by Crippen LogP contribution is -2.10. The average molecular weight is 633 g/mol. The van der Waals surface area contributed by atoms with Crippen LogP contribution in [0.4, 0.5) is 31.8 Å². The monoisotopic (exact) mass is 632 g/mol. The molecule has 3 aromatic carbocycles. The molecule has 0 saturated heterocycles. The van der Waals surface area contributed by atoms with Crippen LogP contribution in [0.2, 0.25) is 0 Å². The second kappa shape index (κ2) is 13.5. The number of aromatic nitrogens is 3. The van der Waals surface area contributed by atoms with E-state index in [-0.39, 0.29) is 10.8 Å². The van der Waals surface area contributed by atoms with Crippen LogP contribution < -0.4 is 19.7 Å². The number of thiazole rings is 1. The number of nitrogens with zero attached hydrogens (tertiary/aromatic N) is 4. The predicted octanol–water partition coefficient (Wildman–Crippen LogP) is 8.96. The van der Waals surface area contributed by atoms with Gasteiger partial charge in [-0.25, -0.2) is 23.7 Å². The number of rotatable bonds is 10. The summed E-state index contributed by atoms with van der Waals surface area (Å²) in [5, 5.41) is 6.05. The summed E-state index contributed by atoms with van der Waals surface area (Å²) >= 11 is 1.59. The zero-order valence-corrected chi connectivity index (χ0v) is 27.0. The van der Waals surface area contributed by atoms with E-state index in [1.54, 1.807) is 36.9 Å². The minimum absolute atomic E-state index is 0.00687. The number of hydrogen-bond donors (Lipinski definition) is 2. The van der Waals surface area contributed by atoms with Gasteiger partial charge in [0.25, 0.3) is 0 Å². The first-order valence-electron chi connectivity index (χ1n) is 14.0. The molecule has 44 heavy (non-hydrogen) atoms. The van der Waals surface area contributed by atoms with Gasteiger partial charge in [-0.1, -0.05) is 42.7 Å². The summed E-state index contributed by atoms with van der Waals surface area (Å²) in [6.45, 7) is 6.00. The number of hydrogen-bond acceptors (Lipinski definition) is 8. The van der Waals surface area contributed by atoms with Crippen molar-refractivity contribution in [2.45, 2.75) is 31.6 Å². The standard InChI is InChI=1S/C33H34F2N6OS2/c1-7-44(31-24(34)12-9-13-25(31)35)40-23-11-8-10-21(18-23)29-30(43-32(39-29)20(2)3)26-16-17-36-33(38-26)37-22-14-15-28(42-6)27(19-22)41(4)5/h7-20,40H,1-6H3,(H,36,37,38). The maximum absolute atomic E-state index is 14.6. The molecule has 1 unspecified atom stereocenters. The molecule has 2 heterocycles. The minimum atomic E-state index is -0.989. The highest BCUT2D eigenvalue weighted by Gasteiger charge is 2.20. The molecule has 0 radical (unpaired) electrons. The molecule has 0 bridgehead atoms. The van der Waals surface area contributed by atoms with Crippen molar-refractivity contribution in [1.29, 1.82) is 0 Å². The van der Waals surface area contributed by atoms with Gasteiger partial charge in [0.05, 0.1) is 39.0 Å². The van der Waals surface area contributed by atoms with Crippen LogP contribution >= 0.6 is 22.0 Å². The summed E-state index contributed by atoms with van der Waals surface area (Å²) in [6, 6.07) is 19.3. The molecule has 0 aliphatic rings. The third kappa shape index (κ3) is 6.74. The summed E-state index contributed by atoms with van der Waals surface area (Å²) in [4.78, 5) is 17.2. The summed E-state index contributed by atoms with van der Waals surface area (Å²) in [7, 11) is 4.58. The van der Waals surface area contributed by atoms with Gasteiger partial charge in [-0.15, -0.1) is 11.3 Å². The van der Waals surface area contributed by atoms with E-state index in [2.05, 4.69) is 28.9 Å². The van der Waals surface area contributed by atoms with Crippen molar-refractivity contribution >= 4 is 50.4 Å². The Kier molecular flexibility index (Phi) is 9.55. The maximum atomic E-state index is 14.6. The average Bonchev–Trinajstić information content (AvgIpc) is 3.47. The van der Waals surface area contributed by atoms with Crippen LogP contribution in [0.15, 0.2) is 77.8 Å². The van der Waals surface area contributed by atoms with Crippen molar-refractivity contribution in [3.63, 3.8) is 0 Å². The van der Waals surface area contributed by atoms with E-state index in [4.69, 9.17) is 14.7 Å². The summed E-state index contributed by atoms with van der Waals surface area (Å²) in [6.07, 6.45) is 1.73. The van der Waals surface area contributed by atoms with Gasteiger partial charge >= 0.3 is 0 Å². The van der Waals surface area contributed by atoms with Crippen LogP contribution in [0.1, 0.15) is 31.7 Å². The van der Waals surface area contributed by atoms with Gasteiger partial charge in [-0.3, -0.25) is 0 Å². The highest BCUT2D eigenvalue weighted by Crippen LogP contribution is 2.40. The van der Waals surface area contributed by atoms with Crippen molar-refractivity contribution in [2.75, 3.05) is 36.1 Å². The van der Waals surface area contributed by atoms with Crippen molar-refractivity contribution in [3.05, 3.63) is 89.6 Å². The van der Waals surface area contributed by atoms with Gasteiger partial charge in [0, 0.05) is 43.1 Å². The second-order valence-electron chi connectivity index (χ2n) is 10.4. The molecule has 7 nitrogen and oxygen atoms in total. The summed E-state index contributed by atoms with van der Waals surface area (Å²) < 4.78 is 38.0. The Morgan fingerprint density at radius 2 is 1.70 bits per heavy atom. The minimum Gasteiger partial charge on any atom is -0.495 e. The molecule has 0 saturated carbocycles. The Morgan fingerprint density at radius 3 is 2.39 bits per heavy atom. The van der Waals surface area contributed by atoms with Crippen LogP contribution in [-0.2, 0) is 0 Å². The number of ether oxygens (including phenoxy) is 1. The van der Waals surface area contributed by atoms with Gasteiger partial charge in [0.15, 0.2) is 0 Å². The highest BCUT2D eigenvalue weighted by atomic mass is 32.2. The first-order chi connectivity index (χ1) is 21.2. The van der Waals surface area contributed by atoms with Crippen LogP contribution in [0.5, 0.6) is 5.75 Å². The van der Waals surface area contributed by atoms with Crippen molar-refractivity contribution in [2.24, 2.45) is 0 Å². The second-order valence-corrected chi connectivity index (χ2v) is 13.2. The Morgan fingerprint density at radius 1 is 0.955 bits per heavy atom. The van der Waals surface area contributed by atoms with E-state index >= 15 is 0 Å². The summed E-state index contributed by atoms with van der Waals surface area (Å²) in [5.74, 6) is 0.262. The Labute approximate surface area is 263 Å². The van der Waals surface area contributed by atoms with Gasteiger partial charge in [-0.2, -0.15) is 0 Å². The lowest BCUT2D eigenvalue weighted by Gasteiger charge is -2.18. The molecule has 0 spiro atoms. The SMILES string of the molecule is C/C=S(/Nc1cccc(-c2nc(C(C)C)sc2-c2ccnc(Nc3ccc(OC)c(N(C)C)c3)n2)c1)c1c(F)cccc1F. The van der Waals surface area contributed by atoms with Crippen LogP contribution in [-0.4, -0.2) is 41.5 Å². The normalized spacial score (nSPS) is 11.9. The third-order valence-corrected chi connectivity index (χ3v) is 9.82. The number of halogens is 2. The number of nitrogens with one attached hydrogen (secondary N) is 2. The van der Waals surface area contributed by atoms with Crippen molar-refractivity contribution in [1.82, 2.24) is 15.0 Å². The molecule has 228 valence electrons. The van der Waals surface area contributed by atoms with Crippen molar-refractivity contribution < 1.29 is 13.5 Å². The van der Waals surface area contributed by atoms with E-state index in [9.17, 15) is 8.78 Å². The molecule has 2 N–H and O–H groups in total. The topological polar surface area (TPSA) is 75.2 Å². The van der Waals surface area contributed by atoms with Gasteiger partial charge in [-0.05, 0) is 60.8 Å². The zero-order valence-electron chi connectivity index (χ0n) is 25.4. The van der Waals surface area contributed by atoms with E-state index < -0.39 is 22.3 Å².